The van der Waals surface area contributed by atoms with E-state index in [0.717, 1.165) is 49.4 Å². The van der Waals surface area contributed by atoms with E-state index in [-0.39, 0.29) is 5.91 Å². The van der Waals surface area contributed by atoms with Crippen molar-refractivity contribution in [2.75, 3.05) is 20.1 Å². The van der Waals surface area contributed by atoms with Gasteiger partial charge in [0, 0.05) is 38.0 Å². The SMILES string of the molecule is CCNC(=NCc1ccnc(OC2CCCC2)c1)NCCc1cccc(C(=O)NC)c1. The number of nitrogens with one attached hydrogen (secondary N) is 3. The summed E-state index contributed by atoms with van der Waals surface area (Å²) in [6.07, 6.45) is 7.59. The highest BCUT2D eigenvalue weighted by atomic mass is 16.5. The number of aromatic nitrogens is 1. The average molecular weight is 424 g/mol. The Morgan fingerprint density at radius 2 is 2.00 bits per heavy atom. The molecule has 7 heteroatoms. The van der Waals surface area contributed by atoms with E-state index in [0.29, 0.717) is 24.1 Å². The topological polar surface area (TPSA) is 87.6 Å². The van der Waals surface area contributed by atoms with Gasteiger partial charge in [0.25, 0.3) is 5.91 Å². The molecule has 1 aromatic carbocycles. The van der Waals surface area contributed by atoms with Crippen molar-refractivity contribution in [3.8, 4) is 5.88 Å². The van der Waals surface area contributed by atoms with Crippen molar-refractivity contribution in [2.45, 2.75) is 51.7 Å². The third kappa shape index (κ3) is 7.27. The molecule has 1 aliphatic rings. The van der Waals surface area contributed by atoms with Crippen LogP contribution in [0.2, 0.25) is 0 Å². The summed E-state index contributed by atoms with van der Waals surface area (Å²) in [5.74, 6) is 1.38. The summed E-state index contributed by atoms with van der Waals surface area (Å²) in [7, 11) is 1.64. The van der Waals surface area contributed by atoms with Gasteiger partial charge >= 0.3 is 0 Å². The lowest BCUT2D eigenvalue weighted by Gasteiger charge is -2.13. The fourth-order valence-electron chi connectivity index (χ4n) is 3.64. The molecule has 0 spiro atoms. The predicted molar refractivity (Wildman–Crippen MR) is 123 cm³/mol. The number of hydrogen-bond acceptors (Lipinski definition) is 4. The highest BCUT2D eigenvalue weighted by molar-refractivity contribution is 5.94. The van der Waals surface area contributed by atoms with Gasteiger partial charge in [-0.25, -0.2) is 9.98 Å². The zero-order chi connectivity index (χ0) is 21.9. The van der Waals surface area contributed by atoms with Gasteiger partial charge in [-0.15, -0.1) is 0 Å². The van der Waals surface area contributed by atoms with Crippen LogP contribution in [0.3, 0.4) is 0 Å². The van der Waals surface area contributed by atoms with Crippen LogP contribution in [0.5, 0.6) is 5.88 Å². The van der Waals surface area contributed by atoms with Crippen molar-refractivity contribution < 1.29 is 9.53 Å². The Bertz CT molecular complexity index is 878. The van der Waals surface area contributed by atoms with Crippen LogP contribution < -0.4 is 20.7 Å². The highest BCUT2D eigenvalue weighted by Gasteiger charge is 2.17. The highest BCUT2D eigenvalue weighted by Crippen LogP contribution is 2.23. The molecule has 1 heterocycles. The van der Waals surface area contributed by atoms with Gasteiger partial charge in [-0.3, -0.25) is 4.79 Å². The molecule has 2 aromatic rings. The molecule has 3 rings (SSSR count). The molecule has 3 N–H and O–H groups in total. The van der Waals surface area contributed by atoms with E-state index in [4.69, 9.17) is 9.73 Å². The minimum Gasteiger partial charge on any atom is -0.474 e. The zero-order valence-corrected chi connectivity index (χ0v) is 18.5. The number of guanidine groups is 1. The van der Waals surface area contributed by atoms with Gasteiger partial charge in [0.05, 0.1) is 6.54 Å². The van der Waals surface area contributed by atoms with Crippen molar-refractivity contribution in [1.29, 1.82) is 0 Å². The molecule has 0 radical (unpaired) electrons. The number of carbonyl (C=O) groups excluding carboxylic acids is 1. The molecule has 0 saturated heterocycles. The monoisotopic (exact) mass is 423 g/mol. The Kier molecular flexibility index (Phi) is 8.70. The van der Waals surface area contributed by atoms with Gasteiger partial charge in [-0.1, -0.05) is 12.1 Å². The second-order valence-corrected chi connectivity index (χ2v) is 7.68. The number of aliphatic imine (C=N–C) groups is 1. The van der Waals surface area contributed by atoms with E-state index in [1.165, 1.54) is 12.8 Å². The summed E-state index contributed by atoms with van der Waals surface area (Å²) in [4.78, 5) is 20.8. The Morgan fingerprint density at radius 1 is 1.16 bits per heavy atom. The molecule has 0 bridgehead atoms. The maximum Gasteiger partial charge on any atom is 0.251 e. The van der Waals surface area contributed by atoms with E-state index in [2.05, 4.69) is 20.9 Å². The van der Waals surface area contributed by atoms with Gasteiger partial charge in [-0.05, 0) is 68.4 Å². The molecular weight excluding hydrogens is 390 g/mol. The van der Waals surface area contributed by atoms with Crippen LogP contribution in [0.25, 0.3) is 0 Å². The Morgan fingerprint density at radius 3 is 2.77 bits per heavy atom. The lowest BCUT2D eigenvalue weighted by molar-refractivity contribution is 0.0963. The Hall–Kier alpha value is -3.09. The minimum absolute atomic E-state index is 0.0710. The lowest BCUT2D eigenvalue weighted by atomic mass is 10.1. The maximum atomic E-state index is 11.8. The summed E-state index contributed by atoms with van der Waals surface area (Å²) in [6, 6.07) is 11.6. The molecule has 0 atom stereocenters. The van der Waals surface area contributed by atoms with Crippen LogP contribution in [-0.4, -0.2) is 43.1 Å². The van der Waals surface area contributed by atoms with Gasteiger partial charge in [0.1, 0.15) is 6.10 Å². The summed E-state index contributed by atoms with van der Waals surface area (Å²) in [5.41, 5.74) is 2.85. The first kappa shape index (κ1) is 22.6. The number of nitrogens with zero attached hydrogens (tertiary/aromatic N) is 2. The van der Waals surface area contributed by atoms with E-state index >= 15 is 0 Å². The number of pyridine rings is 1. The van der Waals surface area contributed by atoms with Crippen molar-refractivity contribution in [1.82, 2.24) is 20.9 Å². The number of carbonyl (C=O) groups is 1. The molecule has 0 aliphatic heterocycles. The van der Waals surface area contributed by atoms with E-state index in [1.807, 2.05) is 43.3 Å². The normalized spacial score (nSPS) is 14.3. The van der Waals surface area contributed by atoms with Crippen molar-refractivity contribution in [2.24, 2.45) is 4.99 Å². The standard InChI is InChI=1S/C24H33N5O2/c1-3-26-24(28-14-11-18-7-6-8-20(15-18)23(30)25-2)29-17-19-12-13-27-22(16-19)31-21-9-4-5-10-21/h6-8,12-13,15-16,21H,3-5,9-11,14,17H2,1-2H3,(H,25,30)(H2,26,28,29). The fraction of sp³-hybridized carbons (Fsp3) is 0.458. The lowest BCUT2D eigenvalue weighted by Crippen LogP contribution is -2.38. The van der Waals surface area contributed by atoms with Crippen molar-refractivity contribution in [3.05, 3.63) is 59.3 Å². The third-order valence-electron chi connectivity index (χ3n) is 5.28. The summed E-state index contributed by atoms with van der Waals surface area (Å²) >= 11 is 0. The van der Waals surface area contributed by atoms with Crippen LogP contribution in [0.1, 0.15) is 54.1 Å². The summed E-state index contributed by atoms with van der Waals surface area (Å²) < 4.78 is 6.00. The molecule has 1 amide bonds. The Labute approximate surface area is 184 Å². The summed E-state index contributed by atoms with van der Waals surface area (Å²) in [6.45, 7) is 4.09. The predicted octanol–water partition coefficient (Wildman–Crippen LogP) is 3.06. The number of hydrogen-bond donors (Lipinski definition) is 3. The fourth-order valence-corrected chi connectivity index (χ4v) is 3.64. The smallest absolute Gasteiger partial charge is 0.251 e. The van der Waals surface area contributed by atoms with Gasteiger partial charge in [0.15, 0.2) is 5.96 Å². The first-order chi connectivity index (χ1) is 15.2. The van der Waals surface area contributed by atoms with Crippen LogP contribution in [-0.2, 0) is 13.0 Å². The number of rotatable bonds is 9. The van der Waals surface area contributed by atoms with Crippen LogP contribution in [0.4, 0.5) is 0 Å². The zero-order valence-electron chi connectivity index (χ0n) is 18.5. The molecule has 1 saturated carbocycles. The molecule has 1 aromatic heterocycles. The van der Waals surface area contributed by atoms with Gasteiger partial charge in [0.2, 0.25) is 5.88 Å². The van der Waals surface area contributed by atoms with Crippen LogP contribution in [0.15, 0.2) is 47.6 Å². The van der Waals surface area contributed by atoms with Crippen LogP contribution in [0, 0.1) is 0 Å². The quantitative estimate of drug-likeness (QED) is 0.426. The molecule has 166 valence electrons. The second-order valence-electron chi connectivity index (χ2n) is 7.68. The molecule has 1 aliphatic carbocycles. The molecule has 1 fully saturated rings. The van der Waals surface area contributed by atoms with E-state index in [9.17, 15) is 4.79 Å². The number of ether oxygens (including phenoxy) is 1. The van der Waals surface area contributed by atoms with Gasteiger partial charge < -0.3 is 20.7 Å². The molecular formula is C24H33N5O2. The average Bonchev–Trinajstić information content (AvgIpc) is 3.30. The number of amides is 1. The molecule has 31 heavy (non-hydrogen) atoms. The van der Waals surface area contributed by atoms with Crippen molar-refractivity contribution in [3.63, 3.8) is 0 Å². The second kappa shape index (κ2) is 11.9. The van der Waals surface area contributed by atoms with Crippen LogP contribution >= 0.6 is 0 Å². The Balaban J connectivity index is 1.53. The first-order valence-corrected chi connectivity index (χ1v) is 11.1. The number of benzene rings is 1. The minimum atomic E-state index is -0.0710. The van der Waals surface area contributed by atoms with E-state index < -0.39 is 0 Å². The van der Waals surface area contributed by atoms with Crippen molar-refractivity contribution >= 4 is 11.9 Å². The summed E-state index contributed by atoms with van der Waals surface area (Å²) in [5, 5.41) is 9.30. The van der Waals surface area contributed by atoms with E-state index in [1.54, 1.807) is 13.2 Å². The maximum absolute atomic E-state index is 11.8. The third-order valence-corrected chi connectivity index (χ3v) is 5.28. The van der Waals surface area contributed by atoms with Gasteiger partial charge in [-0.2, -0.15) is 0 Å². The largest absolute Gasteiger partial charge is 0.474 e. The molecule has 0 unspecified atom stereocenters. The first-order valence-electron chi connectivity index (χ1n) is 11.1. The molecule has 7 nitrogen and oxygen atoms in total.